The second-order valence-corrected chi connectivity index (χ2v) is 8.34. The molecular formula is C25H48ClNO. The largest absolute Gasteiger partial charge is 0.412 e. The summed E-state index contributed by atoms with van der Waals surface area (Å²) >= 11 is 0. The highest BCUT2D eigenvalue weighted by Crippen LogP contribution is 2.16. The second kappa shape index (κ2) is 21.1. The lowest BCUT2D eigenvalue weighted by Gasteiger charge is -2.24. The fraction of sp³-hybridized carbons (Fsp3) is 0.760. The molecule has 1 atom stereocenters. The summed E-state index contributed by atoms with van der Waals surface area (Å²) in [4.78, 5) is 2.41. The van der Waals surface area contributed by atoms with Crippen LogP contribution in [-0.4, -0.2) is 30.5 Å². The van der Waals surface area contributed by atoms with Gasteiger partial charge in [0, 0.05) is 6.04 Å². The lowest BCUT2D eigenvalue weighted by molar-refractivity contribution is 0.269. The van der Waals surface area contributed by atoms with Crippen LogP contribution in [0.5, 0.6) is 0 Å². The predicted octanol–water partition coefficient (Wildman–Crippen LogP) is 7.24. The number of unbranched alkanes of at least 4 members (excludes halogenated alkanes) is 12. The number of rotatable bonds is 17. The molecule has 2 N–H and O–H groups in total. The van der Waals surface area contributed by atoms with Gasteiger partial charge in [-0.05, 0) is 32.5 Å². The topological polar surface area (TPSA) is 34.7 Å². The smallest absolute Gasteiger partial charge is 0.0130 e. The Morgan fingerprint density at radius 2 is 1.11 bits per heavy atom. The Balaban J connectivity index is 0. The molecule has 0 saturated carbocycles. The van der Waals surface area contributed by atoms with Crippen molar-refractivity contribution in [2.45, 2.75) is 109 Å². The van der Waals surface area contributed by atoms with Gasteiger partial charge < -0.3 is 10.4 Å². The maximum Gasteiger partial charge on any atom is 0.0130 e. The summed E-state index contributed by atoms with van der Waals surface area (Å²) in [6.45, 7) is 2.30. The number of likely N-dealkylation sites (N-methyl/N-ethyl adjacent to an activating group) is 1. The molecule has 0 radical (unpaired) electrons. The van der Waals surface area contributed by atoms with E-state index in [1.54, 1.807) is 0 Å². The number of hydrogen-bond donors (Lipinski definition) is 0. The molecule has 2 nitrogen and oxygen atoms in total. The van der Waals surface area contributed by atoms with E-state index in [0.29, 0.717) is 6.04 Å². The predicted molar refractivity (Wildman–Crippen MR) is 129 cm³/mol. The summed E-state index contributed by atoms with van der Waals surface area (Å²) in [5, 5.41) is 0. The first-order chi connectivity index (χ1) is 12.7. The van der Waals surface area contributed by atoms with Crippen LogP contribution in [0.2, 0.25) is 0 Å². The van der Waals surface area contributed by atoms with E-state index in [2.05, 4.69) is 56.3 Å². The van der Waals surface area contributed by atoms with E-state index < -0.39 is 0 Å². The van der Waals surface area contributed by atoms with Gasteiger partial charge in [-0.25, -0.2) is 0 Å². The Labute approximate surface area is 182 Å². The minimum atomic E-state index is 0. The monoisotopic (exact) mass is 413 g/mol. The van der Waals surface area contributed by atoms with Gasteiger partial charge >= 0.3 is 0 Å². The van der Waals surface area contributed by atoms with Crippen LogP contribution in [0.25, 0.3) is 0 Å². The normalized spacial score (nSPS) is 11.7. The lowest BCUT2D eigenvalue weighted by atomic mass is 9.98. The molecule has 1 aromatic rings. The molecule has 1 unspecified atom stereocenters. The molecule has 0 saturated heterocycles. The molecule has 0 aliphatic rings. The fourth-order valence-electron chi connectivity index (χ4n) is 3.83. The van der Waals surface area contributed by atoms with E-state index in [1.165, 1.54) is 102 Å². The number of halogens is 1. The van der Waals surface area contributed by atoms with Crippen LogP contribution in [0.15, 0.2) is 30.3 Å². The van der Waals surface area contributed by atoms with E-state index >= 15 is 0 Å². The van der Waals surface area contributed by atoms with Crippen molar-refractivity contribution < 1.29 is 5.48 Å². The first-order valence-corrected chi connectivity index (χ1v) is 11.4. The molecule has 0 heterocycles. The minimum Gasteiger partial charge on any atom is -0.412 e. The minimum absolute atomic E-state index is 0. The lowest BCUT2D eigenvalue weighted by Crippen LogP contribution is -2.30. The fourth-order valence-corrected chi connectivity index (χ4v) is 3.83. The molecule has 28 heavy (non-hydrogen) atoms. The highest BCUT2D eigenvalue weighted by molar-refractivity contribution is 5.85. The number of hydrogen-bond acceptors (Lipinski definition) is 1. The average Bonchev–Trinajstić information content (AvgIpc) is 2.65. The van der Waals surface area contributed by atoms with Gasteiger partial charge in [-0.3, -0.25) is 0 Å². The molecule has 0 spiro atoms. The summed E-state index contributed by atoms with van der Waals surface area (Å²) in [5.74, 6) is 0. The molecule has 0 aliphatic carbocycles. The van der Waals surface area contributed by atoms with Gasteiger partial charge in [0.25, 0.3) is 0 Å². The summed E-state index contributed by atoms with van der Waals surface area (Å²) < 4.78 is 0. The third-order valence-electron chi connectivity index (χ3n) is 5.69. The third-order valence-corrected chi connectivity index (χ3v) is 5.69. The number of benzene rings is 1. The molecule has 3 heteroatoms. The quantitative estimate of drug-likeness (QED) is 0.248. The van der Waals surface area contributed by atoms with Gasteiger partial charge in [0.15, 0.2) is 0 Å². The van der Waals surface area contributed by atoms with Gasteiger partial charge in [-0.2, -0.15) is 0 Å². The zero-order chi connectivity index (χ0) is 18.9. The van der Waals surface area contributed by atoms with E-state index in [4.69, 9.17) is 0 Å². The molecule has 0 aromatic heterocycles. The van der Waals surface area contributed by atoms with Crippen molar-refractivity contribution >= 4 is 12.4 Å². The van der Waals surface area contributed by atoms with Crippen LogP contribution in [0, 0.1) is 0 Å². The molecule has 0 bridgehead atoms. The van der Waals surface area contributed by atoms with E-state index in [1.807, 2.05) is 0 Å². The highest BCUT2D eigenvalue weighted by atomic mass is 35.5. The van der Waals surface area contributed by atoms with Gasteiger partial charge in [-0.15, -0.1) is 12.4 Å². The Morgan fingerprint density at radius 3 is 1.54 bits per heavy atom. The average molecular weight is 414 g/mol. The van der Waals surface area contributed by atoms with Gasteiger partial charge in [0.2, 0.25) is 0 Å². The molecule has 0 amide bonds. The molecule has 166 valence electrons. The second-order valence-electron chi connectivity index (χ2n) is 8.34. The van der Waals surface area contributed by atoms with Crippen molar-refractivity contribution in [1.29, 1.82) is 0 Å². The van der Waals surface area contributed by atoms with Crippen LogP contribution in [0.3, 0.4) is 0 Å². The molecular weight excluding hydrogens is 366 g/mol. The Bertz CT molecular complexity index is 410. The first kappa shape index (κ1) is 29.6. The van der Waals surface area contributed by atoms with Crippen molar-refractivity contribution in [2.24, 2.45) is 0 Å². The van der Waals surface area contributed by atoms with Crippen LogP contribution in [0.4, 0.5) is 0 Å². The van der Waals surface area contributed by atoms with Gasteiger partial charge in [0.05, 0.1) is 0 Å². The first-order valence-electron chi connectivity index (χ1n) is 11.4. The van der Waals surface area contributed by atoms with Crippen molar-refractivity contribution in [1.82, 2.24) is 4.90 Å². The van der Waals surface area contributed by atoms with Crippen molar-refractivity contribution in [3.05, 3.63) is 35.9 Å². The third kappa shape index (κ3) is 16.4. The van der Waals surface area contributed by atoms with E-state index in [9.17, 15) is 0 Å². The highest BCUT2D eigenvalue weighted by Gasteiger charge is 2.11. The Hall–Kier alpha value is -0.570. The van der Waals surface area contributed by atoms with E-state index in [0.717, 1.165) is 0 Å². The van der Waals surface area contributed by atoms with Crippen LogP contribution < -0.4 is 0 Å². The zero-order valence-electron chi connectivity index (χ0n) is 18.9. The zero-order valence-corrected chi connectivity index (χ0v) is 19.7. The van der Waals surface area contributed by atoms with Crippen LogP contribution in [-0.2, 0) is 6.42 Å². The van der Waals surface area contributed by atoms with Crippen molar-refractivity contribution in [3.63, 3.8) is 0 Å². The SMILES string of the molecule is CCCCCCCCCCCCCCCC(Cc1ccccc1)N(C)C.Cl.O. The number of nitrogens with zero attached hydrogens (tertiary/aromatic N) is 1. The summed E-state index contributed by atoms with van der Waals surface area (Å²) in [5.41, 5.74) is 1.47. The summed E-state index contributed by atoms with van der Waals surface area (Å²) in [6, 6.07) is 11.6. The van der Waals surface area contributed by atoms with E-state index in [-0.39, 0.29) is 17.9 Å². The molecule has 0 fully saturated rings. The summed E-state index contributed by atoms with van der Waals surface area (Å²) in [7, 11) is 4.46. The van der Waals surface area contributed by atoms with Crippen molar-refractivity contribution in [2.75, 3.05) is 14.1 Å². The standard InChI is InChI=1S/C25H45N.ClH.H2O/c1-4-5-6-7-8-9-10-11-12-13-14-15-19-22-25(26(2)3)23-24-20-17-16-18-21-24;;/h16-18,20-21,25H,4-15,19,22-23H2,1-3H3;1H;1H2. The van der Waals surface area contributed by atoms with Gasteiger partial charge in [0.1, 0.15) is 0 Å². The van der Waals surface area contributed by atoms with Gasteiger partial charge in [-0.1, -0.05) is 121 Å². The maximum absolute atomic E-state index is 2.41. The Morgan fingerprint density at radius 1 is 0.679 bits per heavy atom. The van der Waals surface area contributed by atoms with Crippen LogP contribution in [0.1, 0.15) is 102 Å². The summed E-state index contributed by atoms with van der Waals surface area (Å²) in [6.07, 6.45) is 21.2. The van der Waals surface area contributed by atoms with Crippen LogP contribution >= 0.6 is 12.4 Å². The van der Waals surface area contributed by atoms with Crippen molar-refractivity contribution in [3.8, 4) is 0 Å². The Kier molecular flexibility index (Phi) is 22.4. The molecule has 1 aromatic carbocycles. The maximum atomic E-state index is 2.41. The molecule has 1 rings (SSSR count). The molecule has 0 aliphatic heterocycles.